The summed E-state index contributed by atoms with van der Waals surface area (Å²) in [4.78, 5) is 4.39. The van der Waals surface area contributed by atoms with Gasteiger partial charge in [0.05, 0.1) is 12.3 Å². The van der Waals surface area contributed by atoms with Crippen LogP contribution in [0.4, 0.5) is 5.69 Å². The third-order valence-electron chi connectivity index (χ3n) is 3.59. The number of hydrogen-bond acceptors (Lipinski definition) is 4. The molecule has 4 nitrogen and oxygen atoms in total. The third kappa shape index (κ3) is 4.29. The molecule has 0 aliphatic heterocycles. The molecule has 0 spiro atoms. The van der Waals surface area contributed by atoms with Crippen LogP contribution >= 0.6 is 0 Å². The minimum Gasteiger partial charge on any atom is -0.476 e. The molecular formula is C16H26N2O2. The van der Waals surface area contributed by atoms with Crippen molar-refractivity contribution in [3.63, 3.8) is 0 Å². The van der Waals surface area contributed by atoms with E-state index >= 15 is 0 Å². The molecule has 0 amide bonds. The van der Waals surface area contributed by atoms with E-state index in [4.69, 9.17) is 15.2 Å². The number of anilines is 1. The third-order valence-corrected chi connectivity index (χ3v) is 3.59. The van der Waals surface area contributed by atoms with E-state index in [-0.39, 0.29) is 6.10 Å². The van der Waals surface area contributed by atoms with Crippen LogP contribution in [0.25, 0.3) is 0 Å². The van der Waals surface area contributed by atoms with Gasteiger partial charge in [0.15, 0.2) is 0 Å². The van der Waals surface area contributed by atoms with Gasteiger partial charge < -0.3 is 15.2 Å². The van der Waals surface area contributed by atoms with Gasteiger partial charge >= 0.3 is 0 Å². The summed E-state index contributed by atoms with van der Waals surface area (Å²) >= 11 is 0. The van der Waals surface area contributed by atoms with Crippen LogP contribution in [-0.4, -0.2) is 17.7 Å². The number of ether oxygens (including phenoxy) is 2. The molecule has 2 atom stereocenters. The molecule has 1 aliphatic rings. The van der Waals surface area contributed by atoms with Crippen LogP contribution in [0.15, 0.2) is 12.1 Å². The quantitative estimate of drug-likeness (QED) is 0.893. The zero-order valence-electron chi connectivity index (χ0n) is 12.8. The molecule has 1 aromatic rings. The number of nitrogen functional groups attached to an aromatic ring is 1. The summed E-state index contributed by atoms with van der Waals surface area (Å²) in [7, 11) is 0. The Morgan fingerprint density at radius 2 is 2.15 bits per heavy atom. The fraction of sp³-hybridized carbons (Fsp3) is 0.688. The van der Waals surface area contributed by atoms with Gasteiger partial charge in [-0.25, -0.2) is 0 Å². The highest BCUT2D eigenvalue weighted by Crippen LogP contribution is 2.29. The summed E-state index contributed by atoms with van der Waals surface area (Å²) in [6, 6.07) is 3.64. The van der Waals surface area contributed by atoms with Crippen molar-refractivity contribution >= 4 is 5.69 Å². The van der Waals surface area contributed by atoms with Crippen molar-refractivity contribution < 1.29 is 9.47 Å². The highest BCUT2D eigenvalue weighted by Gasteiger charge is 2.21. The smallest absolute Gasteiger partial charge is 0.240 e. The van der Waals surface area contributed by atoms with Gasteiger partial charge in [0.1, 0.15) is 6.10 Å². The molecule has 1 aliphatic carbocycles. The Bertz CT molecular complexity index is 434. The summed E-state index contributed by atoms with van der Waals surface area (Å²) in [5.74, 6) is 2.29. The summed E-state index contributed by atoms with van der Waals surface area (Å²) in [6.45, 7) is 7.09. The molecule has 2 N–H and O–H groups in total. The molecule has 0 radical (unpaired) electrons. The Balaban J connectivity index is 1.99. The number of nitrogens with zero attached hydrogens (tertiary/aromatic N) is 1. The second-order valence-electron chi connectivity index (χ2n) is 6.26. The molecule has 0 bridgehead atoms. The molecule has 1 fully saturated rings. The monoisotopic (exact) mass is 278 g/mol. The second-order valence-corrected chi connectivity index (χ2v) is 6.26. The van der Waals surface area contributed by atoms with Gasteiger partial charge in [-0.15, -0.1) is 0 Å². The number of nitrogens with two attached hydrogens (primary N) is 1. The van der Waals surface area contributed by atoms with Crippen LogP contribution in [0.5, 0.6) is 11.8 Å². The molecule has 1 saturated carbocycles. The summed E-state index contributed by atoms with van der Waals surface area (Å²) < 4.78 is 11.6. The maximum Gasteiger partial charge on any atom is 0.240 e. The molecule has 0 saturated heterocycles. The lowest BCUT2D eigenvalue weighted by Gasteiger charge is -2.27. The first-order chi connectivity index (χ1) is 9.54. The number of aromatic nitrogens is 1. The first-order valence-corrected chi connectivity index (χ1v) is 7.60. The van der Waals surface area contributed by atoms with Crippen LogP contribution in [0.3, 0.4) is 0 Å². The summed E-state index contributed by atoms with van der Waals surface area (Å²) in [5, 5.41) is 0. The predicted octanol–water partition coefficient (Wildman–Crippen LogP) is 3.66. The number of hydrogen-bond donors (Lipinski definition) is 1. The van der Waals surface area contributed by atoms with Crippen LogP contribution in [0.1, 0.15) is 46.5 Å². The minimum absolute atomic E-state index is 0.271. The first-order valence-electron chi connectivity index (χ1n) is 7.60. The van der Waals surface area contributed by atoms with E-state index in [1.165, 1.54) is 12.8 Å². The van der Waals surface area contributed by atoms with Gasteiger partial charge in [-0.05, 0) is 37.2 Å². The van der Waals surface area contributed by atoms with Crippen molar-refractivity contribution in [1.82, 2.24) is 4.98 Å². The number of pyridine rings is 1. The standard InChI is InChI=1S/C16H26N2O2/c1-11(2)10-19-16-14(17)7-8-15(18-16)20-13-6-4-5-12(3)9-13/h7-8,11-13H,4-6,9-10,17H2,1-3H3. The van der Waals surface area contributed by atoms with E-state index < -0.39 is 0 Å². The molecule has 1 aromatic heterocycles. The summed E-state index contributed by atoms with van der Waals surface area (Å²) in [6.07, 6.45) is 5.02. The maximum atomic E-state index is 5.98. The van der Waals surface area contributed by atoms with E-state index in [0.29, 0.717) is 30.0 Å². The largest absolute Gasteiger partial charge is 0.476 e. The lowest BCUT2D eigenvalue weighted by molar-refractivity contribution is 0.122. The molecule has 0 aromatic carbocycles. The highest BCUT2D eigenvalue weighted by molar-refractivity contribution is 5.49. The first kappa shape index (κ1) is 14.9. The second kappa shape index (κ2) is 6.82. The Hall–Kier alpha value is -1.45. The maximum absolute atomic E-state index is 5.98. The zero-order chi connectivity index (χ0) is 14.5. The molecule has 112 valence electrons. The average molecular weight is 278 g/mol. The SMILES string of the molecule is CC(C)COc1nc(OC2CCCC(C)C2)ccc1N. The minimum atomic E-state index is 0.271. The Labute approximate surface area is 121 Å². The topological polar surface area (TPSA) is 57.4 Å². The Kier molecular flexibility index (Phi) is 5.10. The van der Waals surface area contributed by atoms with Crippen molar-refractivity contribution in [2.75, 3.05) is 12.3 Å². The van der Waals surface area contributed by atoms with Crippen LogP contribution in [-0.2, 0) is 0 Å². The predicted molar refractivity (Wildman–Crippen MR) is 81.0 cm³/mol. The van der Waals surface area contributed by atoms with Crippen molar-refractivity contribution in [2.45, 2.75) is 52.6 Å². The van der Waals surface area contributed by atoms with Crippen molar-refractivity contribution in [1.29, 1.82) is 0 Å². The van der Waals surface area contributed by atoms with Crippen molar-refractivity contribution in [2.24, 2.45) is 11.8 Å². The van der Waals surface area contributed by atoms with E-state index in [1.54, 1.807) is 0 Å². The van der Waals surface area contributed by atoms with Crippen molar-refractivity contribution in [3.8, 4) is 11.8 Å². The fourth-order valence-corrected chi connectivity index (χ4v) is 2.52. The molecule has 4 heteroatoms. The normalized spacial score (nSPS) is 22.8. The lowest BCUT2D eigenvalue weighted by atomic mass is 9.89. The number of rotatable bonds is 5. The van der Waals surface area contributed by atoms with E-state index in [1.807, 2.05) is 12.1 Å². The fourth-order valence-electron chi connectivity index (χ4n) is 2.52. The Morgan fingerprint density at radius 3 is 2.85 bits per heavy atom. The highest BCUT2D eigenvalue weighted by atomic mass is 16.5. The van der Waals surface area contributed by atoms with Crippen molar-refractivity contribution in [3.05, 3.63) is 12.1 Å². The van der Waals surface area contributed by atoms with Crippen LogP contribution < -0.4 is 15.2 Å². The molecule has 20 heavy (non-hydrogen) atoms. The van der Waals surface area contributed by atoms with E-state index in [0.717, 1.165) is 18.8 Å². The van der Waals surface area contributed by atoms with Crippen LogP contribution in [0.2, 0.25) is 0 Å². The molecule has 2 unspecified atom stereocenters. The lowest BCUT2D eigenvalue weighted by Crippen LogP contribution is -2.24. The Morgan fingerprint density at radius 1 is 1.35 bits per heavy atom. The van der Waals surface area contributed by atoms with E-state index in [9.17, 15) is 0 Å². The van der Waals surface area contributed by atoms with Crippen LogP contribution in [0, 0.1) is 11.8 Å². The molecule has 2 rings (SSSR count). The molecular weight excluding hydrogens is 252 g/mol. The average Bonchev–Trinajstić information content (AvgIpc) is 2.39. The van der Waals surface area contributed by atoms with E-state index in [2.05, 4.69) is 25.8 Å². The van der Waals surface area contributed by atoms with Gasteiger partial charge in [0, 0.05) is 6.07 Å². The van der Waals surface area contributed by atoms with Gasteiger partial charge in [-0.2, -0.15) is 4.98 Å². The summed E-state index contributed by atoms with van der Waals surface area (Å²) in [5.41, 5.74) is 6.45. The zero-order valence-corrected chi connectivity index (χ0v) is 12.8. The van der Waals surface area contributed by atoms with Gasteiger partial charge in [0.25, 0.3) is 0 Å². The van der Waals surface area contributed by atoms with Gasteiger partial charge in [-0.3, -0.25) is 0 Å². The molecule has 1 heterocycles. The van der Waals surface area contributed by atoms with Gasteiger partial charge in [-0.1, -0.05) is 27.2 Å². The van der Waals surface area contributed by atoms with Gasteiger partial charge in [0.2, 0.25) is 11.8 Å².